The molecule has 1 atom stereocenters. The van der Waals surface area contributed by atoms with Crippen LogP contribution in [-0.4, -0.2) is 21.1 Å². The van der Waals surface area contributed by atoms with Gasteiger partial charge in [0.1, 0.15) is 0 Å². The lowest BCUT2D eigenvalue weighted by Crippen LogP contribution is -2.11. The van der Waals surface area contributed by atoms with Crippen molar-refractivity contribution < 1.29 is 19.9 Å². The maximum absolute atomic E-state index is 10.6. The number of carboxylic acid groups (broad SMARTS) is 1. The number of aliphatic hydroxyl groups is 1. The Bertz CT molecular complexity index is 462. The third-order valence-electron chi connectivity index (χ3n) is 1.79. The van der Waals surface area contributed by atoms with E-state index >= 15 is 0 Å². The summed E-state index contributed by atoms with van der Waals surface area (Å²) in [5, 5.41) is 28.5. The molecule has 0 saturated heterocycles. The first-order valence-electron chi connectivity index (χ1n) is 3.88. The average Bonchev–Trinajstić information content (AvgIpc) is 2.19. The van der Waals surface area contributed by atoms with Gasteiger partial charge in [0, 0.05) is 16.1 Å². The van der Waals surface area contributed by atoms with E-state index in [0.717, 1.165) is 6.07 Å². The maximum Gasteiger partial charge on any atom is 0.337 e. The number of benzene rings is 1. The molecule has 0 aliphatic heterocycles. The topological polar surface area (TPSA) is 101 Å². The van der Waals surface area contributed by atoms with E-state index in [-0.39, 0.29) is 20.2 Å². The van der Waals surface area contributed by atoms with Crippen LogP contribution in [0.3, 0.4) is 0 Å². The van der Waals surface area contributed by atoms with Crippen LogP contribution in [0.5, 0.6) is 0 Å². The molecule has 0 aliphatic rings. The molecule has 0 bridgehead atoms. The third-order valence-corrected chi connectivity index (χ3v) is 3.11. The summed E-state index contributed by atoms with van der Waals surface area (Å²) in [5.74, 6) is -1.43. The zero-order valence-electron chi connectivity index (χ0n) is 7.55. The molecule has 1 aromatic rings. The van der Waals surface area contributed by atoms with Gasteiger partial charge in [0.2, 0.25) is 0 Å². The Balaban J connectivity index is 3.31. The van der Waals surface area contributed by atoms with Crippen LogP contribution in [0.1, 0.15) is 11.7 Å². The number of carbonyl (C=O) groups is 1. The third kappa shape index (κ3) is 2.57. The Morgan fingerprint density at radius 3 is 2.38 bits per heavy atom. The molecule has 0 aliphatic carbocycles. The molecule has 16 heavy (non-hydrogen) atoms. The first-order valence-corrected chi connectivity index (χ1v) is 5.47. The lowest BCUT2D eigenvalue weighted by Gasteiger charge is -2.08. The van der Waals surface area contributed by atoms with Crippen molar-refractivity contribution in [2.75, 3.05) is 0 Å². The van der Waals surface area contributed by atoms with Gasteiger partial charge >= 0.3 is 5.97 Å². The van der Waals surface area contributed by atoms with Crippen LogP contribution in [0.25, 0.3) is 0 Å². The van der Waals surface area contributed by atoms with Gasteiger partial charge in [-0.25, -0.2) is 4.79 Å². The van der Waals surface area contributed by atoms with Crippen molar-refractivity contribution in [2.24, 2.45) is 0 Å². The van der Waals surface area contributed by atoms with Crippen molar-refractivity contribution in [2.45, 2.75) is 6.10 Å². The number of carboxylic acids is 1. The van der Waals surface area contributed by atoms with E-state index in [1.54, 1.807) is 0 Å². The van der Waals surface area contributed by atoms with Crippen molar-refractivity contribution in [1.29, 1.82) is 0 Å². The van der Waals surface area contributed by atoms with Gasteiger partial charge < -0.3 is 10.2 Å². The highest BCUT2D eigenvalue weighted by molar-refractivity contribution is 9.11. The highest BCUT2D eigenvalue weighted by atomic mass is 79.9. The van der Waals surface area contributed by atoms with Gasteiger partial charge in [-0.15, -0.1) is 0 Å². The van der Waals surface area contributed by atoms with Gasteiger partial charge in [-0.1, -0.05) is 15.9 Å². The fourth-order valence-electron chi connectivity index (χ4n) is 1.03. The Morgan fingerprint density at radius 2 is 1.94 bits per heavy atom. The summed E-state index contributed by atoms with van der Waals surface area (Å²) >= 11 is 5.90. The zero-order valence-corrected chi connectivity index (χ0v) is 10.7. The second kappa shape index (κ2) is 4.89. The zero-order chi connectivity index (χ0) is 12.5. The van der Waals surface area contributed by atoms with Gasteiger partial charge in [0.15, 0.2) is 6.10 Å². The van der Waals surface area contributed by atoms with Gasteiger partial charge in [-0.3, -0.25) is 10.1 Å². The van der Waals surface area contributed by atoms with Crippen molar-refractivity contribution in [1.82, 2.24) is 0 Å². The Labute approximate surface area is 106 Å². The molecule has 8 heteroatoms. The number of nitrogens with zero attached hydrogens (tertiary/aromatic N) is 1. The number of rotatable bonds is 3. The predicted molar refractivity (Wildman–Crippen MR) is 61.1 cm³/mol. The summed E-state index contributed by atoms with van der Waals surface area (Å²) in [4.78, 5) is 20.5. The van der Waals surface area contributed by atoms with E-state index < -0.39 is 17.0 Å². The van der Waals surface area contributed by atoms with Gasteiger partial charge in [-0.05, 0) is 22.0 Å². The molecule has 0 spiro atoms. The van der Waals surface area contributed by atoms with Crippen LogP contribution in [0.4, 0.5) is 5.69 Å². The first kappa shape index (κ1) is 13.1. The maximum atomic E-state index is 10.6. The summed E-state index contributed by atoms with van der Waals surface area (Å²) in [6.07, 6.45) is -1.73. The van der Waals surface area contributed by atoms with E-state index in [9.17, 15) is 20.0 Å². The molecule has 1 rings (SSSR count). The fourth-order valence-corrected chi connectivity index (χ4v) is 2.09. The molecule has 6 nitrogen and oxygen atoms in total. The van der Waals surface area contributed by atoms with E-state index in [4.69, 9.17) is 5.11 Å². The van der Waals surface area contributed by atoms with Crippen molar-refractivity contribution in [3.8, 4) is 0 Å². The SMILES string of the molecule is O=C(O)C(O)c1cc(Br)c([N+](=O)[O-])cc1Br. The standard InChI is InChI=1S/C8H5Br2NO5/c9-4-2-6(11(15)16)5(10)1-3(4)7(12)8(13)14/h1-2,7,12H,(H,13,14). The predicted octanol–water partition coefficient (Wildman–Crippen LogP) is 2.24. The molecular weight excluding hydrogens is 350 g/mol. The van der Waals surface area contributed by atoms with E-state index in [1.165, 1.54) is 6.07 Å². The second-order valence-corrected chi connectivity index (χ2v) is 4.53. The highest BCUT2D eigenvalue weighted by Crippen LogP contribution is 2.34. The molecule has 0 fully saturated rings. The second-order valence-electron chi connectivity index (χ2n) is 2.82. The molecule has 0 aromatic heterocycles. The van der Waals surface area contributed by atoms with Crippen LogP contribution in [0.15, 0.2) is 21.1 Å². The molecule has 1 aromatic carbocycles. The van der Waals surface area contributed by atoms with Gasteiger partial charge in [0.25, 0.3) is 5.69 Å². The average molecular weight is 355 g/mol. The highest BCUT2D eigenvalue weighted by Gasteiger charge is 2.23. The molecule has 0 radical (unpaired) electrons. The minimum Gasteiger partial charge on any atom is -0.479 e. The van der Waals surface area contributed by atoms with Gasteiger partial charge in [-0.2, -0.15) is 0 Å². The molecule has 86 valence electrons. The van der Waals surface area contributed by atoms with Gasteiger partial charge in [0.05, 0.1) is 9.40 Å². The van der Waals surface area contributed by atoms with Crippen molar-refractivity contribution in [3.63, 3.8) is 0 Å². The lowest BCUT2D eigenvalue weighted by atomic mass is 10.1. The number of aliphatic hydroxyl groups excluding tert-OH is 1. The largest absolute Gasteiger partial charge is 0.479 e. The van der Waals surface area contributed by atoms with Crippen molar-refractivity contribution in [3.05, 3.63) is 36.8 Å². The minimum absolute atomic E-state index is 0.0463. The van der Waals surface area contributed by atoms with E-state index in [1.807, 2.05) is 0 Å². The van der Waals surface area contributed by atoms with Crippen LogP contribution >= 0.6 is 31.9 Å². The summed E-state index contributed by atoms with van der Waals surface area (Å²) in [6.45, 7) is 0. The molecular formula is C8H5Br2NO5. The molecule has 0 saturated carbocycles. The van der Waals surface area contributed by atoms with Crippen LogP contribution < -0.4 is 0 Å². The molecule has 0 amide bonds. The first-order chi connectivity index (χ1) is 7.34. The Kier molecular flexibility index (Phi) is 4.00. The summed E-state index contributed by atoms with van der Waals surface area (Å²) in [5.41, 5.74) is -0.168. The smallest absolute Gasteiger partial charge is 0.337 e. The summed E-state index contributed by atoms with van der Waals surface area (Å²) < 4.78 is 0.272. The molecule has 2 N–H and O–H groups in total. The molecule has 0 heterocycles. The fraction of sp³-hybridized carbons (Fsp3) is 0.125. The number of halogens is 2. The van der Waals surface area contributed by atoms with Crippen LogP contribution in [0.2, 0.25) is 0 Å². The summed E-state index contributed by atoms with van der Waals surface area (Å²) in [7, 11) is 0. The Hall–Kier alpha value is -0.990. The molecule has 1 unspecified atom stereocenters. The Morgan fingerprint density at radius 1 is 1.38 bits per heavy atom. The summed E-state index contributed by atoms with van der Waals surface area (Å²) in [6, 6.07) is 2.33. The van der Waals surface area contributed by atoms with Crippen molar-refractivity contribution >= 4 is 43.5 Å². The number of aliphatic carboxylic acids is 1. The van der Waals surface area contributed by atoms with E-state index in [2.05, 4.69) is 31.9 Å². The number of hydrogen-bond acceptors (Lipinski definition) is 4. The number of hydrogen-bond donors (Lipinski definition) is 2. The quantitative estimate of drug-likeness (QED) is 0.640. The monoisotopic (exact) mass is 353 g/mol. The number of nitro groups is 1. The van der Waals surface area contributed by atoms with Crippen LogP contribution in [0, 0.1) is 10.1 Å². The number of nitro benzene ring substituents is 1. The lowest BCUT2D eigenvalue weighted by molar-refractivity contribution is -0.385. The normalized spacial score (nSPS) is 12.2. The van der Waals surface area contributed by atoms with Crippen LogP contribution in [-0.2, 0) is 4.79 Å². The van der Waals surface area contributed by atoms with E-state index in [0.29, 0.717) is 0 Å². The minimum atomic E-state index is -1.73.